The van der Waals surface area contributed by atoms with Crippen LogP contribution in [-0.4, -0.2) is 97.5 Å². The molecule has 290 valence electrons. The van der Waals surface area contributed by atoms with Gasteiger partial charge in [0.1, 0.15) is 30.5 Å². The molecule has 0 radical (unpaired) electrons. The lowest BCUT2D eigenvalue weighted by Crippen LogP contribution is -2.60. The third-order valence-corrected chi connectivity index (χ3v) is 8.48. The molecule has 6 atom stereocenters. The average Bonchev–Trinajstić information content (AvgIpc) is 3.07. The minimum atomic E-state index is -5.04. The van der Waals surface area contributed by atoms with Gasteiger partial charge in [-0.05, 0) is 44.9 Å². The second kappa shape index (κ2) is 29.6. The van der Waals surface area contributed by atoms with Crippen LogP contribution in [0.5, 0.6) is 0 Å². The van der Waals surface area contributed by atoms with E-state index in [2.05, 4.69) is 59.7 Å². The molecule has 0 aromatic carbocycles. The Kier molecular flexibility index (Phi) is 27.3. The van der Waals surface area contributed by atoms with Crippen molar-refractivity contribution in [1.29, 1.82) is 0 Å². The van der Waals surface area contributed by atoms with Crippen molar-refractivity contribution in [3.05, 3.63) is 48.6 Å². The monoisotopic (exact) mass is 732 g/mol. The highest BCUT2D eigenvalue weighted by Gasteiger charge is 2.48. The third-order valence-electron chi connectivity index (χ3n) is 8.02. The molecule has 6 unspecified atom stereocenters. The maximum atomic E-state index is 11.6. The Morgan fingerprint density at radius 3 is 1.80 bits per heavy atom. The Bertz CT molecular complexity index is 1070. The van der Waals surface area contributed by atoms with Crippen LogP contribution >= 0.6 is 0 Å². The first-order valence-electron chi connectivity index (χ1n) is 18.3. The first-order valence-corrected chi connectivity index (χ1v) is 19.7. The lowest BCUT2D eigenvalue weighted by molar-refractivity contribution is -0.301. The number of rotatable bonds is 30. The fraction of sp³-hybridized carbons (Fsp3) is 0.757. The van der Waals surface area contributed by atoms with Gasteiger partial charge in [0, 0.05) is 13.5 Å². The number of hydrogen-bond acceptors (Lipinski definition) is 11. The number of aliphatic hydroxyl groups is 3. The topological polar surface area (TPSA) is 178 Å². The van der Waals surface area contributed by atoms with E-state index in [4.69, 9.17) is 23.5 Å². The largest absolute Gasteiger partial charge is 0.458 e. The van der Waals surface area contributed by atoms with Crippen LogP contribution in [0.25, 0.3) is 0 Å². The van der Waals surface area contributed by atoms with Crippen molar-refractivity contribution in [3.8, 4) is 0 Å². The summed E-state index contributed by atoms with van der Waals surface area (Å²) in [7, 11) is -5.04. The molecule has 50 heavy (non-hydrogen) atoms. The molecule has 1 fully saturated rings. The van der Waals surface area contributed by atoms with Gasteiger partial charge in [-0.3, -0.25) is 9.35 Å². The van der Waals surface area contributed by atoms with Crippen molar-refractivity contribution in [2.45, 2.75) is 153 Å². The molecule has 13 heteroatoms. The van der Waals surface area contributed by atoms with Gasteiger partial charge in [0.25, 0.3) is 0 Å². The molecule has 0 aliphatic carbocycles. The Balaban J connectivity index is 2.08. The number of carbonyl (C=O) groups excluding carboxylic acids is 1. The van der Waals surface area contributed by atoms with Crippen molar-refractivity contribution in [2.75, 3.05) is 26.4 Å². The number of esters is 1. The highest BCUT2D eigenvalue weighted by Crippen LogP contribution is 2.26. The molecule has 1 rings (SSSR count). The zero-order valence-electron chi connectivity index (χ0n) is 30.2. The number of hydrogen-bond donors (Lipinski definition) is 4. The molecule has 0 saturated carbocycles. The van der Waals surface area contributed by atoms with Crippen molar-refractivity contribution in [1.82, 2.24) is 0 Å². The first kappa shape index (κ1) is 46.1. The van der Waals surface area contributed by atoms with Crippen LogP contribution in [0.2, 0.25) is 0 Å². The normalized spacial score (nSPS) is 22.4. The zero-order valence-corrected chi connectivity index (χ0v) is 31.0. The molecule has 0 aromatic rings. The van der Waals surface area contributed by atoms with E-state index < -0.39 is 59.8 Å². The second-order valence-corrected chi connectivity index (χ2v) is 13.6. The van der Waals surface area contributed by atoms with Crippen molar-refractivity contribution < 1.29 is 56.2 Å². The second-order valence-electron chi connectivity index (χ2n) is 12.5. The standard InChI is InChI=1S/C37H64O12S/c1-3-4-5-6-7-8-9-10-11-12-13-14-15-16-17-18-19-20-21-22-23-24-25-26-27-45-29-32(47-31(2)39)30-46-37-35(41)36(49-50(42,43)44)34(40)33(28-38)48-37/h4-5,7-8,10-11,13-14,32-38,40-41H,3,6,9,12,15-30H2,1-2H3,(H,42,43,44)/b5-4-,8-7-,11-10-,14-13-. The molecule has 1 saturated heterocycles. The summed E-state index contributed by atoms with van der Waals surface area (Å²) in [5.74, 6) is -0.578. The van der Waals surface area contributed by atoms with Gasteiger partial charge >= 0.3 is 16.4 Å². The minimum Gasteiger partial charge on any atom is -0.458 e. The van der Waals surface area contributed by atoms with Crippen LogP contribution in [0.4, 0.5) is 0 Å². The van der Waals surface area contributed by atoms with Gasteiger partial charge in [-0.2, -0.15) is 8.42 Å². The molecule has 0 amide bonds. The van der Waals surface area contributed by atoms with Crippen LogP contribution in [0, 0.1) is 0 Å². The predicted octanol–water partition coefficient (Wildman–Crippen LogP) is 6.06. The Morgan fingerprint density at radius 1 is 0.760 bits per heavy atom. The van der Waals surface area contributed by atoms with Crippen LogP contribution in [0.15, 0.2) is 48.6 Å². The van der Waals surface area contributed by atoms with Crippen molar-refractivity contribution in [3.63, 3.8) is 0 Å². The Morgan fingerprint density at radius 2 is 1.28 bits per heavy atom. The van der Waals surface area contributed by atoms with Crippen LogP contribution in [-0.2, 0) is 38.3 Å². The van der Waals surface area contributed by atoms with Gasteiger partial charge in [-0.15, -0.1) is 0 Å². The van der Waals surface area contributed by atoms with E-state index in [9.17, 15) is 28.5 Å². The number of carbonyl (C=O) groups is 1. The summed E-state index contributed by atoms with van der Waals surface area (Å²) < 4.78 is 57.3. The number of unbranched alkanes of at least 4 members (excludes halogenated alkanes) is 11. The molecule has 0 bridgehead atoms. The summed E-state index contributed by atoms with van der Waals surface area (Å²) in [6.45, 7) is 2.81. The number of aliphatic hydroxyl groups excluding tert-OH is 3. The van der Waals surface area contributed by atoms with E-state index in [0.29, 0.717) is 6.61 Å². The summed E-state index contributed by atoms with van der Waals surface area (Å²) in [6, 6.07) is 0. The number of ether oxygens (including phenoxy) is 4. The lowest BCUT2D eigenvalue weighted by Gasteiger charge is -2.41. The van der Waals surface area contributed by atoms with Gasteiger partial charge in [0.2, 0.25) is 0 Å². The van der Waals surface area contributed by atoms with Gasteiger partial charge in [-0.1, -0.05) is 113 Å². The molecular weight excluding hydrogens is 668 g/mol. The minimum absolute atomic E-state index is 0.0167. The molecule has 4 N–H and O–H groups in total. The molecule has 12 nitrogen and oxygen atoms in total. The van der Waals surface area contributed by atoms with E-state index in [1.165, 1.54) is 58.3 Å². The molecule has 0 aromatic heterocycles. The fourth-order valence-electron chi connectivity index (χ4n) is 5.37. The van der Waals surface area contributed by atoms with Gasteiger partial charge < -0.3 is 34.3 Å². The van der Waals surface area contributed by atoms with E-state index >= 15 is 0 Å². The van der Waals surface area contributed by atoms with Crippen LogP contribution in [0.3, 0.4) is 0 Å². The molecule has 0 spiro atoms. The molecule has 1 heterocycles. The summed E-state index contributed by atoms with van der Waals surface area (Å²) in [4.78, 5) is 11.6. The maximum Gasteiger partial charge on any atom is 0.397 e. The highest BCUT2D eigenvalue weighted by atomic mass is 32.3. The van der Waals surface area contributed by atoms with E-state index in [-0.39, 0.29) is 13.2 Å². The summed E-state index contributed by atoms with van der Waals surface area (Å²) >= 11 is 0. The first-order chi connectivity index (χ1) is 24.1. The molecule has 1 aliphatic heterocycles. The Hall–Kier alpha value is -1.94. The summed E-state index contributed by atoms with van der Waals surface area (Å²) in [5, 5.41) is 30.0. The fourth-order valence-corrected chi connectivity index (χ4v) is 5.88. The summed E-state index contributed by atoms with van der Waals surface area (Å²) in [6.07, 6.45) is 27.0. The van der Waals surface area contributed by atoms with E-state index in [1.54, 1.807) is 0 Å². The zero-order chi connectivity index (χ0) is 36.9. The Labute approximate surface area is 300 Å². The van der Waals surface area contributed by atoms with Crippen molar-refractivity contribution >= 4 is 16.4 Å². The third kappa shape index (κ3) is 24.3. The van der Waals surface area contributed by atoms with Crippen LogP contribution < -0.4 is 0 Å². The van der Waals surface area contributed by atoms with Crippen molar-refractivity contribution in [2.24, 2.45) is 0 Å². The average molecular weight is 733 g/mol. The van der Waals surface area contributed by atoms with Crippen LogP contribution in [0.1, 0.15) is 117 Å². The van der Waals surface area contributed by atoms with Gasteiger partial charge in [0.15, 0.2) is 6.29 Å². The maximum absolute atomic E-state index is 11.6. The predicted molar refractivity (Wildman–Crippen MR) is 193 cm³/mol. The van der Waals surface area contributed by atoms with Gasteiger partial charge in [-0.25, -0.2) is 4.18 Å². The molecule has 1 aliphatic rings. The summed E-state index contributed by atoms with van der Waals surface area (Å²) in [5.41, 5.74) is 0. The number of allylic oxidation sites excluding steroid dienone is 8. The quantitative estimate of drug-likeness (QED) is 0.0291. The van der Waals surface area contributed by atoms with E-state index in [0.717, 1.165) is 51.4 Å². The highest BCUT2D eigenvalue weighted by molar-refractivity contribution is 7.80. The smallest absolute Gasteiger partial charge is 0.397 e. The SMILES string of the molecule is CC/C=C\C/C=C\C/C=C\C/C=C\CCCCCCCCCCCCCOCC(COC1OC(CO)C(O)C(OS(=O)(=O)O)C1O)OC(C)=O. The lowest BCUT2D eigenvalue weighted by atomic mass is 9.99. The van der Waals surface area contributed by atoms with Gasteiger partial charge in [0.05, 0.1) is 19.8 Å². The van der Waals surface area contributed by atoms with E-state index in [1.807, 2.05) is 0 Å². The molecular formula is C37H64O12S.